The second-order valence-electron chi connectivity index (χ2n) is 4.77. The fourth-order valence-corrected chi connectivity index (χ4v) is 2.14. The molecule has 1 aliphatic heterocycles. The standard InChI is InChI=1S/C11H21NO.C2H6/c1-8(2)11-5-9(3)6-12(7-11)10(4)13;1-2/h8-9,11H,5-7H2,1-4H3;1-2H3. The van der Waals surface area contributed by atoms with Crippen LogP contribution in [0.25, 0.3) is 0 Å². The van der Waals surface area contributed by atoms with E-state index in [0.29, 0.717) is 17.8 Å². The van der Waals surface area contributed by atoms with Gasteiger partial charge in [-0.05, 0) is 24.2 Å². The molecule has 0 aromatic rings. The van der Waals surface area contributed by atoms with Gasteiger partial charge < -0.3 is 4.90 Å². The number of nitrogens with zero attached hydrogens (tertiary/aromatic N) is 1. The first-order valence-corrected chi connectivity index (χ1v) is 6.26. The average molecular weight is 213 g/mol. The monoisotopic (exact) mass is 213 g/mol. The number of piperidine rings is 1. The van der Waals surface area contributed by atoms with Crippen molar-refractivity contribution in [1.82, 2.24) is 4.90 Å². The van der Waals surface area contributed by atoms with Crippen molar-refractivity contribution in [2.24, 2.45) is 17.8 Å². The molecule has 1 amide bonds. The van der Waals surface area contributed by atoms with Crippen molar-refractivity contribution in [3.63, 3.8) is 0 Å². The molecule has 0 radical (unpaired) electrons. The Bertz CT molecular complexity index is 189. The normalized spacial score (nSPS) is 25.9. The van der Waals surface area contributed by atoms with Crippen LogP contribution in [0.2, 0.25) is 0 Å². The average Bonchev–Trinajstić information content (AvgIpc) is 2.19. The Hall–Kier alpha value is -0.530. The fourth-order valence-electron chi connectivity index (χ4n) is 2.14. The van der Waals surface area contributed by atoms with E-state index in [1.165, 1.54) is 6.42 Å². The Labute approximate surface area is 95.0 Å². The van der Waals surface area contributed by atoms with Crippen molar-refractivity contribution in [1.29, 1.82) is 0 Å². The zero-order chi connectivity index (χ0) is 12.0. The van der Waals surface area contributed by atoms with Crippen LogP contribution in [0.4, 0.5) is 0 Å². The molecule has 0 bridgehead atoms. The summed E-state index contributed by atoms with van der Waals surface area (Å²) in [5, 5.41) is 0. The fraction of sp³-hybridized carbons (Fsp3) is 0.923. The van der Waals surface area contributed by atoms with Crippen LogP contribution in [0.5, 0.6) is 0 Å². The number of amides is 1. The molecular weight excluding hydrogens is 186 g/mol. The molecule has 1 aliphatic rings. The third-order valence-corrected chi connectivity index (χ3v) is 3.08. The Kier molecular flexibility index (Phi) is 6.62. The van der Waals surface area contributed by atoms with Crippen molar-refractivity contribution in [2.45, 2.75) is 48.0 Å². The SMILES string of the molecule is CC.CC(=O)N1CC(C)CC(C(C)C)C1. The number of hydrogen-bond acceptors (Lipinski definition) is 1. The Morgan fingerprint density at radius 3 is 2.20 bits per heavy atom. The van der Waals surface area contributed by atoms with E-state index in [0.717, 1.165) is 13.1 Å². The van der Waals surface area contributed by atoms with Gasteiger partial charge in [0, 0.05) is 20.0 Å². The lowest BCUT2D eigenvalue weighted by atomic mass is 9.83. The minimum atomic E-state index is 0.234. The van der Waals surface area contributed by atoms with Gasteiger partial charge in [0.15, 0.2) is 0 Å². The summed E-state index contributed by atoms with van der Waals surface area (Å²) in [6.45, 7) is 14.3. The molecule has 0 N–H and O–H groups in total. The molecule has 1 heterocycles. The van der Waals surface area contributed by atoms with Gasteiger partial charge in [-0.25, -0.2) is 0 Å². The van der Waals surface area contributed by atoms with Gasteiger partial charge in [0.2, 0.25) is 5.91 Å². The van der Waals surface area contributed by atoms with Crippen LogP contribution in [-0.2, 0) is 4.79 Å². The Morgan fingerprint density at radius 1 is 1.27 bits per heavy atom. The minimum Gasteiger partial charge on any atom is -0.342 e. The summed E-state index contributed by atoms with van der Waals surface area (Å²) in [4.78, 5) is 13.2. The third-order valence-electron chi connectivity index (χ3n) is 3.08. The highest BCUT2D eigenvalue weighted by molar-refractivity contribution is 5.73. The van der Waals surface area contributed by atoms with E-state index >= 15 is 0 Å². The molecule has 2 unspecified atom stereocenters. The van der Waals surface area contributed by atoms with Gasteiger partial charge in [0.1, 0.15) is 0 Å². The number of carbonyl (C=O) groups excluding carboxylic acids is 1. The van der Waals surface area contributed by atoms with Crippen molar-refractivity contribution >= 4 is 5.91 Å². The van der Waals surface area contributed by atoms with Crippen molar-refractivity contribution < 1.29 is 4.79 Å². The highest BCUT2D eigenvalue weighted by Gasteiger charge is 2.27. The van der Waals surface area contributed by atoms with E-state index in [9.17, 15) is 4.79 Å². The second kappa shape index (κ2) is 6.86. The number of carbonyl (C=O) groups is 1. The summed E-state index contributed by atoms with van der Waals surface area (Å²) in [7, 11) is 0. The van der Waals surface area contributed by atoms with Crippen molar-refractivity contribution in [3.8, 4) is 0 Å². The van der Waals surface area contributed by atoms with E-state index in [1.54, 1.807) is 6.92 Å². The Balaban J connectivity index is 0.000000921. The number of likely N-dealkylation sites (tertiary alicyclic amines) is 1. The molecule has 1 rings (SSSR count). The highest BCUT2D eigenvalue weighted by Crippen LogP contribution is 2.26. The molecule has 0 spiro atoms. The lowest BCUT2D eigenvalue weighted by Crippen LogP contribution is -2.43. The molecule has 15 heavy (non-hydrogen) atoms. The van der Waals surface area contributed by atoms with Gasteiger partial charge in [0.25, 0.3) is 0 Å². The van der Waals surface area contributed by atoms with Gasteiger partial charge >= 0.3 is 0 Å². The van der Waals surface area contributed by atoms with Gasteiger partial charge in [-0.3, -0.25) is 4.79 Å². The minimum absolute atomic E-state index is 0.234. The van der Waals surface area contributed by atoms with E-state index in [2.05, 4.69) is 20.8 Å². The first-order valence-electron chi connectivity index (χ1n) is 6.26. The van der Waals surface area contributed by atoms with Crippen LogP contribution in [0, 0.1) is 17.8 Å². The predicted molar refractivity (Wildman–Crippen MR) is 65.7 cm³/mol. The molecule has 0 aromatic carbocycles. The van der Waals surface area contributed by atoms with E-state index < -0.39 is 0 Å². The number of rotatable bonds is 1. The van der Waals surface area contributed by atoms with Crippen LogP contribution < -0.4 is 0 Å². The Morgan fingerprint density at radius 2 is 1.80 bits per heavy atom. The lowest BCUT2D eigenvalue weighted by molar-refractivity contribution is -0.132. The van der Waals surface area contributed by atoms with Gasteiger partial charge in [-0.1, -0.05) is 34.6 Å². The molecule has 1 saturated heterocycles. The summed E-state index contributed by atoms with van der Waals surface area (Å²) in [6, 6.07) is 0. The van der Waals surface area contributed by atoms with Gasteiger partial charge in [-0.2, -0.15) is 0 Å². The zero-order valence-corrected chi connectivity index (χ0v) is 11.2. The maximum atomic E-state index is 11.2. The summed E-state index contributed by atoms with van der Waals surface area (Å²) in [5.74, 6) is 2.31. The van der Waals surface area contributed by atoms with Gasteiger partial charge in [-0.15, -0.1) is 0 Å². The number of hydrogen-bond donors (Lipinski definition) is 0. The molecule has 90 valence electrons. The van der Waals surface area contributed by atoms with E-state index in [4.69, 9.17) is 0 Å². The maximum Gasteiger partial charge on any atom is 0.219 e. The molecule has 1 fully saturated rings. The lowest BCUT2D eigenvalue weighted by Gasteiger charge is -2.37. The molecule has 2 atom stereocenters. The molecule has 0 aliphatic carbocycles. The summed E-state index contributed by atoms with van der Waals surface area (Å²) in [6.07, 6.45) is 1.28. The first kappa shape index (κ1) is 14.5. The summed E-state index contributed by atoms with van der Waals surface area (Å²) < 4.78 is 0. The maximum absolute atomic E-state index is 11.2. The largest absolute Gasteiger partial charge is 0.342 e. The van der Waals surface area contributed by atoms with Crippen molar-refractivity contribution in [2.75, 3.05) is 13.1 Å². The first-order chi connectivity index (χ1) is 7.00. The third kappa shape index (κ3) is 4.67. The van der Waals surface area contributed by atoms with Crippen molar-refractivity contribution in [3.05, 3.63) is 0 Å². The van der Waals surface area contributed by atoms with Crippen LogP contribution in [0.15, 0.2) is 0 Å². The smallest absolute Gasteiger partial charge is 0.219 e. The van der Waals surface area contributed by atoms with Crippen LogP contribution in [0.1, 0.15) is 48.0 Å². The molecule has 2 nitrogen and oxygen atoms in total. The summed E-state index contributed by atoms with van der Waals surface area (Å²) >= 11 is 0. The quantitative estimate of drug-likeness (QED) is 0.655. The van der Waals surface area contributed by atoms with Crippen LogP contribution in [-0.4, -0.2) is 23.9 Å². The highest BCUT2D eigenvalue weighted by atomic mass is 16.2. The van der Waals surface area contributed by atoms with Gasteiger partial charge in [0.05, 0.1) is 0 Å². The van der Waals surface area contributed by atoms with E-state index in [-0.39, 0.29) is 5.91 Å². The van der Waals surface area contributed by atoms with Crippen LogP contribution in [0.3, 0.4) is 0 Å². The zero-order valence-electron chi connectivity index (χ0n) is 11.2. The molecule has 0 aromatic heterocycles. The predicted octanol–water partition coefficient (Wildman–Crippen LogP) is 3.17. The molecular formula is C13H27NO. The topological polar surface area (TPSA) is 20.3 Å². The van der Waals surface area contributed by atoms with E-state index in [1.807, 2.05) is 18.7 Å². The summed E-state index contributed by atoms with van der Waals surface area (Å²) in [5.41, 5.74) is 0. The second-order valence-corrected chi connectivity index (χ2v) is 4.77. The van der Waals surface area contributed by atoms with Crippen LogP contribution >= 0.6 is 0 Å². The molecule has 2 heteroatoms. The molecule has 0 saturated carbocycles.